The van der Waals surface area contributed by atoms with Gasteiger partial charge in [-0.1, -0.05) is 19.8 Å². The standard InChI is InChI=1S/C12H22O3/c1-3-15-12(14)9-6-8-11(2)7-4-5-10-13/h10-11H,3-9H2,1-2H3. The highest BCUT2D eigenvalue weighted by atomic mass is 16.5. The van der Waals surface area contributed by atoms with Gasteiger partial charge in [-0.05, 0) is 25.7 Å². The number of aldehydes is 1. The Kier molecular flexibility index (Phi) is 9.13. The van der Waals surface area contributed by atoms with Crippen molar-refractivity contribution in [3.8, 4) is 0 Å². The summed E-state index contributed by atoms with van der Waals surface area (Å²) in [6.45, 7) is 4.45. The molecule has 0 aromatic rings. The number of hydrogen-bond acceptors (Lipinski definition) is 3. The third kappa shape index (κ3) is 9.44. The van der Waals surface area contributed by atoms with Gasteiger partial charge in [-0.2, -0.15) is 0 Å². The fourth-order valence-corrected chi connectivity index (χ4v) is 1.52. The lowest BCUT2D eigenvalue weighted by Crippen LogP contribution is -2.04. The number of ether oxygens (including phenoxy) is 1. The molecule has 0 heterocycles. The Morgan fingerprint density at radius 1 is 1.33 bits per heavy atom. The van der Waals surface area contributed by atoms with Crippen LogP contribution in [0.25, 0.3) is 0 Å². The molecule has 0 rings (SSSR count). The van der Waals surface area contributed by atoms with E-state index in [-0.39, 0.29) is 5.97 Å². The van der Waals surface area contributed by atoms with Crippen molar-refractivity contribution in [2.45, 2.75) is 52.4 Å². The molecule has 0 saturated heterocycles. The summed E-state index contributed by atoms with van der Waals surface area (Å²) < 4.78 is 4.84. The van der Waals surface area contributed by atoms with Gasteiger partial charge < -0.3 is 9.53 Å². The molecule has 0 saturated carbocycles. The van der Waals surface area contributed by atoms with E-state index in [4.69, 9.17) is 4.74 Å². The number of esters is 1. The van der Waals surface area contributed by atoms with Crippen molar-refractivity contribution < 1.29 is 14.3 Å². The van der Waals surface area contributed by atoms with Crippen LogP contribution in [-0.2, 0) is 14.3 Å². The molecule has 0 aliphatic heterocycles. The summed E-state index contributed by atoms with van der Waals surface area (Å²) in [4.78, 5) is 21.1. The Morgan fingerprint density at radius 3 is 2.60 bits per heavy atom. The van der Waals surface area contributed by atoms with Gasteiger partial charge in [-0.25, -0.2) is 0 Å². The summed E-state index contributed by atoms with van der Waals surface area (Å²) >= 11 is 0. The van der Waals surface area contributed by atoms with Crippen molar-refractivity contribution in [3.05, 3.63) is 0 Å². The summed E-state index contributed by atoms with van der Waals surface area (Å²) in [5.74, 6) is 0.497. The second kappa shape index (κ2) is 9.69. The SMILES string of the molecule is CCOC(=O)CCCC(C)CCCC=O. The molecular weight excluding hydrogens is 192 g/mol. The van der Waals surface area contributed by atoms with Gasteiger partial charge in [0.15, 0.2) is 0 Å². The number of unbranched alkanes of at least 4 members (excludes halogenated alkanes) is 1. The predicted octanol–water partition coefficient (Wildman–Crippen LogP) is 2.73. The Hall–Kier alpha value is -0.860. The summed E-state index contributed by atoms with van der Waals surface area (Å²) in [5.41, 5.74) is 0. The molecule has 15 heavy (non-hydrogen) atoms. The van der Waals surface area contributed by atoms with Crippen molar-refractivity contribution in [3.63, 3.8) is 0 Å². The first kappa shape index (κ1) is 14.1. The number of hydrogen-bond donors (Lipinski definition) is 0. The average molecular weight is 214 g/mol. The Labute approximate surface area is 92.2 Å². The highest BCUT2D eigenvalue weighted by Gasteiger charge is 2.05. The van der Waals surface area contributed by atoms with Gasteiger partial charge in [-0.3, -0.25) is 4.79 Å². The molecule has 0 amide bonds. The molecule has 0 radical (unpaired) electrons. The third-order valence-electron chi connectivity index (χ3n) is 2.40. The lowest BCUT2D eigenvalue weighted by molar-refractivity contribution is -0.143. The summed E-state index contributed by atoms with van der Waals surface area (Å²) in [5, 5.41) is 0. The lowest BCUT2D eigenvalue weighted by atomic mass is 9.98. The van der Waals surface area contributed by atoms with E-state index in [1.54, 1.807) is 0 Å². The van der Waals surface area contributed by atoms with Crippen molar-refractivity contribution in [1.82, 2.24) is 0 Å². The maximum Gasteiger partial charge on any atom is 0.305 e. The minimum atomic E-state index is -0.0995. The quantitative estimate of drug-likeness (QED) is 0.337. The van der Waals surface area contributed by atoms with Gasteiger partial charge in [0.05, 0.1) is 6.61 Å². The number of rotatable bonds is 9. The van der Waals surface area contributed by atoms with Gasteiger partial charge in [0.25, 0.3) is 0 Å². The first-order chi connectivity index (χ1) is 7.20. The maximum absolute atomic E-state index is 11.0. The fourth-order valence-electron chi connectivity index (χ4n) is 1.52. The molecule has 0 aliphatic carbocycles. The fraction of sp³-hybridized carbons (Fsp3) is 0.833. The van der Waals surface area contributed by atoms with Crippen molar-refractivity contribution in [1.29, 1.82) is 0 Å². The number of carbonyl (C=O) groups excluding carboxylic acids is 2. The molecule has 0 aromatic heterocycles. The molecule has 0 bridgehead atoms. The first-order valence-electron chi connectivity index (χ1n) is 5.80. The van der Waals surface area contributed by atoms with Gasteiger partial charge in [0, 0.05) is 12.8 Å². The Morgan fingerprint density at radius 2 is 2.00 bits per heavy atom. The van der Waals surface area contributed by atoms with Crippen LogP contribution in [-0.4, -0.2) is 18.9 Å². The number of carbonyl (C=O) groups is 2. The zero-order valence-electron chi connectivity index (χ0n) is 9.83. The van der Waals surface area contributed by atoms with Gasteiger partial charge >= 0.3 is 5.97 Å². The molecule has 0 aliphatic rings. The molecule has 0 aromatic carbocycles. The van der Waals surface area contributed by atoms with E-state index in [0.29, 0.717) is 25.4 Å². The maximum atomic E-state index is 11.0. The molecule has 0 spiro atoms. The molecule has 1 unspecified atom stereocenters. The smallest absolute Gasteiger partial charge is 0.305 e. The highest BCUT2D eigenvalue weighted by molar-refractivity contribution is 5.69. The van der Waals surface area contributed by atoms with Crippen LogP contribution in [0.4, 0.5) is 0 Å². The topological polar surface area (TPSA) is 43.4 Å². The van der Waals surface area contributed by atoms with Crippen LogP contribution < -0.4 is 0 Å². The van der Waals surface area contributed by atoms with Gasteiger partial charge in [0.2, 0.25) is 0 Å². The van der Waals surface area contributed by atoms with Crippen molar-refractivity contribution in [2.75, 3.05) is 6.61 Å². The normalized spacial score (nSPS) is 12.1. The first-order valence-corrected chi connectivity index (χ1v) is 5.80. The van der Waals surface area contributed by atoms with Crippen LogP contribution in [0.5, 0.6) is 0 Å². The van der Waals surface area contributed by atoms with Gasteiger partial charge in [-0.15, -0.1) is 0 Å². The van der Waals surface area contributed by atoms with Crippen LogP contribution in [0.3, 0.4) is 0 Å². The van der Waals surface area contributed by atoms with E-state index in [1.807, 2.05) is 6.92 Å². The summed E-state index contributed by atoms with van der Waals surface area (Å²) in [7, 11) is 0. The molecular formula is C12H22O3. The molecule has 3 heteroatoms. The van der Waals surface area contributed by atoms with Crippen LogP contribution >= 0.6 is 0 Å². The summed E-state index contributed by atoms with van der Waals surface area (Å²) in [6, 6.07) is 0. The van der Waals surface area contributed by atoms with Crippen molar-refractivity contribution >= 4 is 12.3 Å². The zero-order chi connectivity index (χ0) is 11.5. The van der Waals surface area contributed by atoms with E-state index in [9.17, 15) is 9.59 Å². The molecule has 0 N–H and O–H groups in total. The van der Waals surface area contributed by atoms with Crippen LogP contribution in [0.1, 0.15) is 52.4 Å². The van der Waals surface area contributed by atoms with E-state index in [2.05, 4.69) is 6.92 Å². The van der Waals surface area contributed by atoms with Crippen LogP contribution in [0.15, 0.2) is 0 Å². The monoisotopic (exact) mass is 214 g/mol. The Bertz CT molecular complexity index is 178. The Balaban J connectivity index is 3.33. The van der Waals surface area contributed by atoms with E-state index >= 15 is 0 Å². The molecule has 88 valence electrons. The van der Waals surface area contributed by atoms with Crippen molar-refractivity contribution in [2.24, 2.45) is 5.92 Å². The second-order valence-electron chi connectivity index (χ2n) is 3.90. The largest absolute Gasteiger partial charge is 0.466 e. The van der Waals surface area contributed by atoms with E-state index in [1.165, 1.54) is 0 Å². The van der Waals surface area contributed by atoms with Gasteiger partial charge in [0.1, 0.15) is 6.29 Å². The van der Waals surface area contributed by atoms with E-state index in [0.717, 1.165) is 32.0 Å². The zero-order valence-corrected chi connectivity index (χ0v) is 9.83. The molecule has 0 fully saturated rings. The van der Waals surface area contributed by atoms with Crippen LogP contribution in [0.2, 0.25) is 0 Å². The van der Waals surface area contributed by atoms with Crippen LogP contribution in [0, 0.1) is 5.92 Å². The minimum Gasteiger partial charge on any atom is -0.466 e. The molecule has 1 atom stereocenters. The average Bonchev–Trinajstić information content (AvgIpc) is 2.18. The lowest BCUT2D eigenvalue weighted by Gasteiger charge is -2.09. The highest BCUT2D eigenvalue weighted by Crippen LogP contribution is 2.14. The second-order valence-corrected chi connectivity index (χ2v) is 3.90. The predicted molar refractivity (Wildman–Crippen MR) is 59.6 cm³/mol. The minimum absolute atomic E-state index is 0.0995. The molecule has 3 nitrogen and oxygen atoms in total. The third-order valence-corrected chi connectivity index (χ3v) is 2.40. The van der Waals surface area contributed by atoms with E-state index < -0.39 is 0 Å². The summed E-state index contributed by atoms with van der Waals surface area (Å²) in [6.07, 6.45) is 6.10.